The number of benzene rings is 3. The van der Waals surface area contributed by atoms with E-state index in [2.05, 4.69) is 14.8 Å². The van der Waals surface area contributed by atoms with Crippen LogP contribution in [0.4, 0.5) is 13.2 Å². The van der Waals surface area contributed by atoms with Crippen LogP contribution in [0.25, 0.3) is 4.85 Å². The lowest BCUT2D eigenvalue weighted by Crippen LogP contribution is -2.51. The molecule has 1 aliphatic rings. The molecule has 1 aliphatic carbocycles. The van der Waals surface area contributed by atoms with Crippen molar-refractivity contribution in [2.45, 2.75) is 76.4 Å². The molecule has 15 heteroatoms. The number of thiocarbonyl (C=S) groups is 1. The lowest BCUT2D eigenvalue weighted by Gasteiger charge is -2.40. The van der Waals surface area contributed by atoms with Crippen LogP contribution in [0.2, 0.25) is 0 Å². The molecule has 1 saturated carbocycles. The first-order valence-electron chi connectivity index (χ1n) is 17.7. The highest BCUT2D eigenvalue weighted by molar-refractivity contribution is 7.80. The Morgan fingerprint density at radius 3 is 1.87 bits per heavy atom. The van der Waals surface area contributed by atoms with Gasteiger partial charge in [-0.15, -0.1) is 0 Å². The predicted octanol–water partition coefficient (Wildman–Crippen LogP) is 8.07. The normalized spacial score (nSPS) is 19.5. The van der Waals surface area contributed by atoms with Gasteiger partial charge in [0.1, 0.15) is 29.8 Å². The van der Waals surface area contributed by atoms with Gasteiger partial charge in [-0.05, 0) is 87.3 Å². The molecule has 1 fully saturated rings. The van der Waals surface area contributed by atoms with Gasteiger partial charge in [0.2, 0.25) is 6.54 Å². The Bertz CT molecular complexity index is 1590. The Labute approximate surface area is 323 Å². The van der Waals surface area contributed by atoms with Gasteiger partial charge in [-0.3, -0.25) is 5.32 Å². The van der Waals surface area contributed by atoms with Crippen LogP contribution in [0.15, 0.2) is 78.9 Å². The Morgan fingerprint density at radius 2 is 1.41 bits per heavy atom. The number of hydrogen-bond donors (Lipinski definition) is 2. The standard InChI is InChI=1S/C39H50F3N4O6PS/c1-26(2)46(27(3)4)53(51-23-22-43-5)52-35-28(24-34(36(35)49-8)44-37(54)45-39(40,41)42)25-50-38(29-12-10-9-11-13-29,30-14-18-32(47-6)19-15-30)31-16-20-33(48-7)21-17-31/h9-21,26-28,34-36H,22-25H2,1-4,6-8H3,(H2,44,45,54)/t28-,34-,35?,36-,53?/m1/s1. The van der Waals surface area contributed by atoms with Crippen molar-refractivity contribution in [3.05, 3.63) is 107 Å². The number of nitrogens with zero attached hydrogens (tertiary/aromatic N) is 2. The lowest BCUT2D eigenvalue weighted by molar-refractivity contribution is -0.142. The summed E-state index contributed by atoms with van der Waals surface area (Å²) < 4.78 is 79.5. The van der Waals surface area contributed by atoms with Crippen LogP contribution in [-0.2, 0) is 24.1 Å². The second kappa shape index (κ2) is 19.9. The first kappa shape index (κ1) is 43.2. The van der Waals surface area contributed by atoms with Crippen molar-refractivity contribution in [2.24, 2.45) is 5.92 Å². The van der Waals surface area contributed by atoms with E-state index >= 15 is 0 Å². The maximum absolute atomic E-state index is 13.3. The van der Waals surface area contributed by atoms with Gasteiger partial charge in [-0.2, -0.15) is 13.2 Å². The zero-order chi connectivity index (χ0) is 39.5. The van der Waals surface area contributed by atoms with Crippen LogP contribution in [0.5, 0.6) is 11.5 Å². The van der Waals surface area contributed by atoms with E-state index < -0.39 is 49.7 Å². The fourth-order valence-electron chi connectivity index (χ4n) is 6.87. The maximum Gasteiger partial charge on any atom is 0.484 e. The predicted molar refractivity (Wildman–Crippen MR) is 207 cm³/mol. The topological polar surface area (TPSA) is 87.0 Å². The number of nitrogens with one attached hydrogen (secondary N) is 2. The molecule has 0 aromatic heterocycles. The quantitative estimate of drug-likeness (QED) is 0.0330. The molecular formula is C39H50F3N4O6PS. The molecule has 0 spiro atoms. The molecule has 4 rings (SSSR count). The summed E-state index contributed by atoms with van der Waals surface area (Å²) >= 11 is 5.09. The first-order valence-corrected chi connectivity index (χ1v) is 19.2. The summed E-state index contributed by atoms with van der Waals surface area (Å²) in [7, 11) is 2.94. The Kier molecular flexibility index (Phi) is 15.9. The maximum atomic E-state index is 13.3. The molecule has 5 atom stereocenters. The molecule has 2 unspecified atom stereocenters. The van der Waals surface area contributed by atoms with Crippen LogP contribution in [0, 0.1) is 12.5 Å². The number of hydrogen-bond acceptors (Lipinski definition) is 8. The van der Waals surface area contributed by atoms with Crippen molar-refractivity contribution in [1.29, 1.82) is 0 Å². The molecule has 3 aromatic rings. The zero-order valence-electron chi connectivity index (χ0n) is 31.6. The fourth-order valence-corrected chi connectivity index (χ4v) is 8.94. The van der Waals surface area contributed by atoms with Crippen molar-refractivity contribution in [3.8, 4) is 11.5 Å². The van der Waals surface area contributed by atoms with E-state index in [0.717, 1.165) is 16.7 Å². The molecule has 294 valence electrons. The SMILES string of the molecule is [C-]#[N+]CCOP(OC1[C@@H](COC(c2ccccc2)(c2ccc(OC)cc2)c2ccc(OC)cc2)C[C@@H](NC(=S)NC(F)(F)F)[C@H]1OC)N(C(C)C)C(C)C. The number of ether oxygens (including phenoxy) is 4. The third-order valence-corrected chi connectivity index (χ3v) is 11.5. The summed E-state index contributed by atoms with van der Waals surface area (Å²) in [6.45, 7) is 15.8. The Balaban J connectivity index is 1.83. The Morgan fingerprint density at radius 1 is 0.870 bits per heavy atom. The number of alkyl halides is 3. The average Bonchev–Trinajstić information content (AvgIpc) is 3.46. The molecule has 0 saturated heterocycles. The number of halogens is 3. The molecule has 0 bridgehead atoms. The molecular weight excluding hydrogens is 740 g/mol. The van der Waals surface area contributed by atoms with Crippen LogP contribution < -0.4 is 20.1 Å². The van der Waals surface area contributed by atoms with Crippen LogP contribution in [0.1, 0.15) is 50.8 Å². The number of rotatable bonds is 18. The second-order valence-electron chi connectivity index (χ2n) is 13.3. The van der Waals surface area contributed by atoms with Crippen LogP contribution in [0.3, 0.4) is 0 Å². The van der Waals surface area contributed by atoms with E-state index in [-0.39, 0.29) is 38.3 Å². The second-order valence-corrected chi connectivity index (χ2v) is 15.1. The zero-order valence-corrected chi connectivity index (χ0v) is 33.3. The molecule has 3 aromatic carbocycles. The summed E-state index contributed by atoms with van der Waals surface area (Å²) in [6, 6.07) is 24.4. The highest BCUT2D eigenvalue weighted by Crippen LogP contribution is 2.51. The minimum absolute atomic E-state index is 0.00880. The van der Waals surface area contributed by atoms with Crippen LogP contribution >= 0.6 is 20.7 Å². The average molecular weight is 791 g/mol. The highest BCUT2D eigenvalue weighted by Gasteiger charge is 2.49. The summed E-state index contributed by atoms with van der Waals surface area (Å²) in [4.78, 5) is 3.45. The van der Waals surface area contributed by atoms with Gasteiger partial charge in [0, 0.05) is 25.1 Å². The fraction of sp³-hybridized carbons (Fsp3) is 0.487. The summed E-state index contributed by atoms with van der Waals surface area (Å²) in [5.74, 6) is 0.911. The van der Waals surface area contributed by atoms with Crippen LogP contribution in [-0.4, -0.2) is 87.5 Å². The van der Waals surface area contributed by atoms with Gasteiger partial charge in [0.05, 0.1) is 33.0 Å². The molecule has 10 nitrogen and oxygen atoms in total. The van der Waals surface area contributed by atoms with Crippen molar-refractivity contribution in [2.75, 3.05) is 41.1 Å². The van der Waals surface area contributed by atoms with Gasteiger partial charge < -0.3 is 38.2 Å². The largest absolute Gasteiger partial charge is 0.497 e. The minimum atomic E-state index is -4.73. The van der Waals surface area contributed by atoms with E-state index in [1.807, 2.05) is 107 Å². The van der Waals surface area contributed by atoms with Crippen molar-refractivity contribution >= 4 is 25.9 Å². The van der Waals surface area contributed by atoms with E-state index in [4.69, 9.17) is 46.8 Å². The first-order chi connectivity index (χ1) is 25.8. The third-order valence-electron chi connectivity index (χ3n) is 9.14. The Hall–Kier alpha value is -3.54. The van der Waals surface area contributed by atoms with E-state index in [1.165, 1.54) is 12.4 Å². The summed E-state index contributed by atoms with van der Waals surface area (Å²) in [6.07, 6.45) is -5.92. The van der Waals surface area contributed by atoms with Gasteiger partial charge >= 0.3 is 6.30 Å². The molecule has 54 heavy (non-hydrogen) atoms. The molecule has 0 aliphatic heterocycles. The lowest BCUT2D eigenvalue weighted by atomic mass is 9.79. The number of methoxy groups -OCH3 is 3. The van der Waals surface area contributed by atoms with E-state index in [0.29, 0.717) is 11.5 Å². The third kappa shape index (κ3) is 10.8. The van der Waals surface area contributed by atoms with Crippen molar-refractivity contribution in [1.82, 2.24) is 15.3 Å². The summed E-state index contributed by atoms with van der Waals surface area (Å²) in [5.41, 5.74) is 1.32. The van der Waals surface area contributed by atoms with Gasteiger partial charge in [-0.1, -0.05) is 54.6 Å². The van der Waals surface area contributed by atoms with Crippen molar-refractivity contribution < 1.29 is 41.2 Å². The van der Waals surface area contributed by atoms with Gasteiger partial charge in [0.15, 0.2) is 5.11 Å². The molecule has 0 amide bonds. The molecule has 0 radical (unpaired) electrons. The molecule has 0 heterocycles. The van der Waals surface area contributed by atoms with Gasteiger partial charge in [-0.25, -0.2) is 11.2 Å². The summed E-state index contributed by atoms with van der Waals surface area (Å²) in [5, 5.41) is 3.66. The minimum Gasteiger partial charge on any atom is -0.497 e. The van der Waals surface area contributed by atoms with Crippen molar-refractivity contribution in [3.63, 3.8) is 0 Å². The van der Waals surface area contributed by atoms with E-state index in [9.17, 15) is 13.2 Å². The van der Waals surface area contributed by atoms with Gasteiger partial charge in [0.25, 0.3) is 8.53 Å². The monoisotopic (exact) mass is 790 g/mol. The van der Waals surface area contributed by atoms with E-state index in [1.54, 1.807) is 14.2 Å². The molecule has 2 N–H and O–H groups in total. The smallest absolute Gasteiger partial charge is 0.484 e. The highest BCUT2D eigenvalue weighted by atomic mass is 32.1.